The summed E-state index contributed by atoms with van der Waals surface area (Å²) in [6, 6.07) is 10.5. The summed E-state index contributed by atoms with van der Waals surface area (Å²) < 4.78 is 6.69. The Bertz CT molecular complexity index is 643. The molecule has 0 heterocycles. The van der Waals surface area contributed by atoms with E-state index in [0.717, 1.165) is 3.57 Å². The largest absolute Gasteiger partial charge is 0.497 e. The Kier molecular flexibility index (Phi) is 4.86. The first-order valence-corrected chi connectivity index (χ1v) is 7.61. The second-order valence-electron chi connectivity index (χ2n) is 3.80. The van der Waals surface area contributed by atoms with Crippen LogP contribution in [0.15, 0.2) is 40.9 Å². The Hall–Kier alpha value is -0.590. The molecule has 0 aliphatic carbocycles. The van der Waals surface area contributed by atoms with Crippen molar-refractivity contribution >= 4 is 55.9 Å². The van der Waals surface area contributed by atoms with Crippen molar-refractivity contribution in [1.29, 1.82) is 0 Å². The molecule has 0 unspecified atom stereocenters. The third-order valence-corrected chi connectivity index (χ3v) is 4.43. The molecule has 2 aromatic rings. The maximum Gasteiger partial charge on any atom is 0.195 e. The summed E-state index contributed by atoms with van der Waals surface area (Å²) in [6.45, 7) is 0. The Morgan fingerprint density at radius 2 is 1.95 bits per heavy atom. The summed E-state index contributed by atoms with van der Waals surface area (Å²) in [4.78, 5) is 12.5. The zero-order valence-electron chi connectivity index (χ0n) is 9.91. The fourth-order valence-electron chi connectivity index (χ4n) is 1.62. The van der Waals surface area contributed by atoms with Gasteiger partial charge in [0.25, 0.3) is 0 Å². The number of benzene rings is 2. The lowest BCUT2D eigenvalue weighted by molar-refractivity contribution is 0.103. The summed E-state index contributed by atoms with van der Waals surface area (Å²) in [6.07, 6.45) is 0. The summed E-state index contributed by atoms with van der Waals surface area (Å²) in [7, 11) is 1.59. The number of carbonyl (C=O) groups excluding carboxylic acids is 1. The zero-order chi connectivity index (χ0) is 14.0. The van der Waals surface area contributed by atoms with E-state index in [1.54, 1.807) is 37.4 Å². The minimum atomic E-state index is -0.0681. The molecular formula is C14H9BrClIO2. The molecule has 98 valence electrons. The Morgan fingerprint density at radius 3 is 2.58 bits per heavy atom. The number of rotatable bonds is 3. The number of ketones is 1. The molecule has 0 radical (unpaired) electrons. The van der Waals surface area contributed by atoms with Gasteiger partial charge in [0.1, 0.15) is 5.75 Å². The molecule has 5 heteroatoms. The van der Waals surface area contributed by atoms with E-state index in [4.69, 9.17) is 16.3 Å². The van der Waals surface area contributed by atoms with Crippen LogP contribution in [0.1, 0.15) is 15.9 Å². The molecule has 0 aliphatic rings. The van der Waals surface area contributed by atoms with Crippen molar-refractivity contribution in [3.8, 4) is 5.75 Å². The average Bonchev–Trinajstić information content (AvgIpc) is 2.40. The van der Waals surface area contributed by atoms with Gasteiger partial charge in [0, 0.05) is 24.2 Å². The molecule has 0 saturated carbocycles. The van der Waals surface area contributed by atoms with Crippen molar-refractivity contribution < 1.29 is 9.53 Å². The molecule has 0 fully saturated rings. The van der Waals surface area contributed by atoms with Crippen LogP contribution >= 0.6 is 50.1 Å². The molecular weight excluding hydrogens is 442 g/mol. The van der Waals surface area contributed by atoms with Crippen molar-refractivity contribution in [2.24, 2.45) is 0 Å². The minimum Gasteiger partial charge on any atom is -0.497 e. The van der Waals surface area contributed by atoms with E-state index in [1.807, 2.05) is 6.07 Å². The fraction of sp³-hybridized carbons (Fsp3) is 0.0714. The van der Waals surface area contributed by atoms with Crippen LogP contribution in [-0.2, 0) is 0 Å². The highest BCUT2D eigenvalue weighted by Crippen LogP contribution is 2.27. The monoisotopic (exact) mass is 450 g/mol. The highest BCUT2D eigenvalue weighted by Gasteiger charge is 2.16. The molecule has 19 heavy (non-hydrogen) atoms. The standard InChI is InChI=1S/C14H9BrClIO2/c1-19-9-3-4-10(12(15)7-9)14(18)11-6-8(16)2-5-13(11)17/h2-7H,1H3. The van der Waals surface area contributed by atoms with Crippen LogP contribution in [-0.4, -0.2) is 12.9 Å². The van der Waals surface area contributed by atoms with Gasteiger partial charge in [-0.25, -0.2) is 0 Å². The predicted molar refractivity (Wildman–Crippen MR) is 88.3 cm³/mol. The molecule has 0 spiro atoms. The van der Waals surface area contributed by atoms with Crippen LogP contribution in [0, 0.1) is 3.57 Å². The summed E-state index contributed by atoms with van der Waals surface area (Å²) >= 11 is 11.5. The van der Waals surface area contributed by atoms with Crippen LogP contribution in [0.2, 0.25) is 5.02 Å². The first kappa shape index (κ1) is 14.8. The van der Waals surface area contributed by atoms with E-state index in [2.05, 4.69) is 38.5 Å². The van der Waals surface area contributed by atoms with Gasteiger partial charge < -0.3 is 4.74 Å². The molecule has 2 rings (SSSR count). The lowest BCUT2D eigenvalue weighted by atomic mass is 10.0. The molecule has 2 aromatic carbocycles. The van der Waals surface area contributed by atoms with Gasteiger partial charge >= 0.3 is 0 Å². The van der Waals surface area contributed by atoms with Crippen molar-refractivity contribution in [2.45, 2.75) is 0 Å². The van der Waals surface area contributed by atoms with E-state index in [9.17, 15) is 4.79 Å². The predicted octanol–water partition coefficient (Wildman–Crippen LogP) is 4.95. The van der Waals surface area contributed by atoms with Gasteiger partial charge in [-0.2, -0.15) is 0 Å². The fourth-order valence-corrected chi connectivity index (χ4v) is 2.91. The van der Waals surface area contributed by atoms with E-state index < -0.39 is 0 Å². The first-order valence-electron chi connectivity index (χ1n) is 5.36. The topological polar surface area (TPSA) is 26.3 Å². The van der Waals surface area contributed by atoms with Crippen molar-refractivity contribution in [3.63, 3.8) is 0 Å². The second kappa shape index (κ2) is 6.24. The smallest absolute Gasteiger partial charge is 0.195 e. The van der Waals surface area contributed by atoms with Crippen molar-refractivity contribution in [1.82, 2.24) is 0 Å². The van der Waals surface area contributed by atoms with Gasteiger partial charge in [-0.05, 0) is 74.9 Å². The molecule has 0 saturated heterocycles. The highest BCUT2D eigenvalue weighted by molar-refractivity contribution is 14.1. The van der Waals surface area contributed by atoms with Crippen molar-refractivity contribution in [3.05, 3.63) is 60.6 Å². The number of hydrogen-bond acceptors (Lipinski definition) is 2. The Morgan fingerprint density at radius 1 is 1.21 bits per heavy atom. The van der Waals surface area contributed by atoms with E-state index >= 15 is 0 Å². The van der Waals surface area contributed by atoms with Crippen LogP contribution in [0.5, 0.6) is 5.75 Å². The van der Waals surface area contributed by atoms with E-state index in [0.29, 0.717) is 26.4 Å². The quantitative estimate of drug-likeness (QED) is 0.488. The van der Waals surface area contributed by atoms with Crippen LogP contribution in [0.4, 0.5) is 0 Å². The van der Waals surface area contributed by atoms with Gasteiger partial charge in [0.05, 0.1) is 7.11 Å². The maximum atomic E-state index is 12.5. The molecule has 0 aliphatic heterocycles. The third-order valence-electron chi connectivity index (χ3n) is 2.59. The van der Waals surface area contributed by atoms with Crippen molar-refractivity contribution in [2.75, 3.05) is 7.11 Å². The lowest BCUT2D eigenvalue weighted by Crippen LogP contribution is -2.05. The summed E-state index contributed by atoms with van der Waals surface area (Å²) in [5, 5.41) is 0.549. The van der Waals surface area contributed by atoms with Gasteiger partial charge in [-0.3, -0.25) is 4.79 Å². The molecule has 0 atom stereocenters. The number of ether oxygens (including phenoxy) is 1. The summed E-state index contributed by atoms with van der Waals surface area (Å²) in [5.41, 5.74) is 1.18. The normalized spacial score (nSPS) is 10.3. The minimum absolute atomic E-state index is 0.0681. The number of carbonyl (C=O) groups is 1. The molecule has 0 bridgehead atoms. The van der Waals surface area contributed by atoms with Gasteiger partial charge in [-0.15, -0.1) is 0 Å². The molecule has 0 amide bonds. The van der Waals surface area contributed by atoms with Crippen LogP contribution < -0.4 is 4.74 Å². The van der Waals surface area contributed by atoms with Crippen LogP contribution in [0.3, 0.4) is 0 Å². The maximum absolute atomic E-state index is 12.5. The lowest BCUT2D eigenvalue weighted by Gasteiger charge is -2.08. The molecule has 2 nitrogen and oxygen atoms in total. The number of halogens is 3. The highest BCUT2D eigenvalue weighted by atomic mass is 127. The number of methoxy groups -OCH3 is 1. The molecule has 0 N–H and O–H groups in total. The van der Waals surface area contributed by atoms with Crippen LogP contribution in [0.25, 0.3) is 0 Å². The first-order chi connectivity index (χ1) is 9.02. The van der Waals surface area contributed by atoms with E-state index in [-0.39, 0.29) is 5.78 Å². The summed E-state index contributed by atoms with van der Waals surface area (Å²) in [5.74, 6) is 0.630. The third kappa shape index (κ3) is 3.30. The van der Waals surface area contributed by atoms with Gasteiger partial charge in [0.2, 0.25) is 0 Å². The van der Waals surface area contributed by atoms with Gasteiger partial charge in [-0.1, -0.05) is 11.6 Å². The molecule has 0 aromatic heterocycles. The number of hydrogen-bond donors (Lipinski definition) is 0. The zero-order valence-corrected chi connectivity index (χ0v) is 14.4. The Balaban J connectivity index is 2.47. The average molecular weight is 451 g/mol. The second-order valence-corrected chi connectivity index (χ2v) is 6.25. The van der Waals surface area contributed by atoms with Gasteiger partial charge in [0.15, 0.2) is 5.78 Å². The Labute approximate surface area is 138 Å². The SMILES string of the molecule is COc1ccc(C(=O)c2cc(Cl)ccc2I)c(Br)c1. The van der Waals surface area contributed by atoms with E-state index in [1.165, 1.54) is 0 Å².